The predicted molar refractivity (Wildman–Crippen MR) is 73.4 cm³/mol. The first-order chi connectivity index (χ1) is 9.33. The molecule has 3 N–H and O–H groups in total. The van der Waals surface area contributed by atoms with E-state index in [1.54, 1.807) is 0 Å². The van der Waals surface area contributed by atoms with Crippen molar-refractivity contribution in [2.24, 2.45) is 5.84 Å². The molecule has 0 radical (unpaired) electrons. The summed E-state index contributed by atoms with van der Waals surface area (Å²) in [6.07, 6.45) is 0. The van der Waals surface area contributed by atoms with Gasteiger partial charge in [-0.15, -0.1) is 0 Å². The number of benzene rings is 1. The molecule has 0 aliphatic heterocycles. The van der Waals surface area contributed by atoms with Crippen LogP contribution in [0.1, 0.15) is 36.7 Å². The van der Waals surface area contributed by atoms with Crippen LogP contribution in [0.4, 0.5) is 4.39 Å². The molecular weight excluding hydrogens is 263 g/mol. The van der Waals surface area contributed by atoms with Crippen LogP contribution in [0, 0.1) is 5.82 Å². The van der Waals surface area contributed by atoms with Gasteiger partial charge in [-0.05, 0) is 39.0 Å². The summed E-state index contributed by atoms with van der Waals surface area (Å²) >= 11 is 0. The summed E-state index contributed by atoms with van der Waals surface area (Å²) in [5, 5.41) is 0. The molecule has 1 rings (SSSR count). The van der Waals surface area contributed by atoms with Crippen molar-refractivity contribution in [1.29, 1.82) is 0 Å². The van der Waals surface area contributed by atoms with Crippen LogP contribution >= 0.6 is 0 Å². The molecule has 112 valence electrons. The largest absolute Gasteiger partial charge is 0.374 e. The van der Waals surface area contributed by atoms with Crippen molar-refractivity contribution in [3.05, 3.63) is 35.1 Å². The number of ether oxygens (including phenoxy) is 2. The van der Waals surface area contributed by atoms with Gasteiger partial charge in [0.1, 0.15) is 5.82 Å². The number of rotatable bonds is 6. The molecule has 0 saturated carbocycles. The van der Waals surface area contributed by atoms with Crippen LogP contribution < -0.4 is 11.3 Å². The summed E-state index contributed by atoms with van der Waals surface area (Å²) in [6, 6.07) is 4.00. The minimum absolute atomic E-state index is 0.0744. The average molecular weight is 284 g/mol. The van der Waals surface area contributed by atoms with E-state index in [4.69, 9.17) is 15.3 Å². The van der Waals surface area contributed by atoms with Crippen molar-refractivity contribution in [3.63, 3.8) is 0 Å². The van der Waals surface area contributed by atoms with Gasteiger partial charge < -0.3 is 9.47 Å². The van der Waals surface area contributed by atoms with Crippen LogP contribution in [-0.4, -0.2) is 24.7 Å². The second-order valence-electron chi connectivity index (χ2n) is 5.29. The van der Waals surface area contributed by atoms with E-state index in [2.05, 4.69) is 0 Å². The van der Waals surface area contributed by atoms with E-state index in [1.165, 1.54) is 18.2 Å². The van der Waals surface area contributed by atoms with E-state index < -0.39 is 11.7 Å². The molecule has 0 unspecified atom stereocenters. The maximum absolute atomic E-state index is 13.6. The van der Waals surface area contributed by atoms with Gasteiger partial charge in [-0.3, -0.25) is 10.2 Å². The molecule has 0 aliphatic rings. The number of amides is 1. The van der Waals surface area contributed by atoms with Gasteiger partial charge in [0.15, 0.2) is 0 Å². The summed E-state index contributed by atoms with van der Waals surface area (Å²) in [7, 11) is 0. The second-order valence-corrected chi connectivity index (χ2v) is 5.29. The Morgan fingerprint density at radius 2 is 2.05 bits per heavy atom. The van der Waals surface area contributed by atoms with Crippen molar-refractivity contribution in [2.75, 3.05) is 13.2 Å². The number of hydrazine groups is 1. The van der Waals surface area contributed by atoms with Crippen molar-refractivity contribution in [2.45, 2.75) is 33.0 Å². The molecule has 6 heteroatoms. The Balaban J connectivity index is 2.49. The Morgan fingerprint density at radius 3 is 2.65 bits per heavy atom. The molecule has 0 aliphatic carbocycles. The highest BCUT2D eigenvalue weighted by molar-refractivity contribution is 5.93. The molecule has 1 amide bonds. The van der Waals surface area contributed by atoms with Gasteiger partial charge >= 0.3 is 0 Å². The van der Waals surface area contributed by atoms with Crippen molar-refractivity contribution >= 4 is 5.91 Å². The number of carbonyl (C=O) groups is 1. The van der Waals surface area contributed by atoms with Gasteiger partial charge in [-0.1, -0.05) is 0 Å². The molecule has 0 bridgehead atoms. The van der Waals surface area contributed by atoms with Crippen LogP contribution in [0.2, 0.25) is 0 Å². The second kappa shape index (κ2) is 7.33. The Bertz CT molecular complexity index is 458. The first kappa shape index (κ1) is 16.6. The molecule has 0 spiro atoms. The number of nitrogens with two attached hydrogens (primary N) is 1. The SMILES string of the molecule is CC(C)(C)OCCOCc1cc(C(=O)NN)ccc1F. The third-order valence-corrected chi connectivity index (χ3v) is 2.46. The zero-order valence-electron chi connectivity index (χ0n) is 12.0. The zero-order chi connectivity index (χ0) is 15.2. The number of halogens is 1. The maximum atomic E-state index is 13.6. The lowest BCUT2D eigenvalue weighted by molar-refractivity contribution is -0.0379. The molecule has 1 aromatic rings. The summed E-state index contributed by atoms with van der Waals surface area (Å²) in [5.41, 5.74) is 2.37. The number of carbonyl (C=O) groups excluding carboxylic acids is 1. The molecule has 20 heavy (non-hydrogen) atoms. The zero-order valence-corrected chi connectivity index (χ0v) is 12.0. The molecule has 0 aromatic heterocycles. The Morgan fingerprint density at radius 1 is 1.35 bits per heavy atom. The van der Waals surface area contributed by atoms with E-state index in [1.807, 2.05) is 26.2 Å². The van der Waals surface area contributed by atoms with E-state index in [0.29, 0.717) is 24.3 Å². The normalized spacial score (nSPS) is 11.4. The first-order valence-electron chi connectivity index (χ1n) is 6.34. The lowest BCUT2D eigenvalue weighted by atomic mass is 10.1. The van der Waals surface area contributed by atoms with Gasteiger partial charge in [0.2, 0.25) is 0 Å². The quantitative estimate of drug-likeness (QED) is 0.361. The minimum atomic E-state index is -0.470. The number of hydrogen-bond donors (Lipinski definition) is 2. The third-order valence-electron chi connectivity index (χ3n) is 2.46. The highest BCUT2D eigenvalue weighted by Crippen LogP contribution is 2.12. The molecule has 0 saturated heterocycles. The smallest absolute Gasteiger partial charge is 0.265 e. The van der Waals surface area contributed by atoms with E-state index in [9.17, 15) is 9.18 Å². The standard InChI is InChI=1S/C14H21FN2O3/c1-14(2,3)20-7-6-19-9-11-8-10(13(18)17-16)4-5-12(11)15/h4-5,8H,6-7,9,16H2,1-3H3,(H,17,18). The fourth-order valence-corrected chi connectivity index (χ4v) is 1.50. The summed E-state index contributed by atoms with van der Waals surface area (Å²) in [4.78, 5) is 11.3. The lowest BCUT2D eigenvalue weighted by Gasteiger charge is -2.19. The summed E-state index contributed by atoms with van der Waals surface area (Å²) in [5.74, 6) is 4.14. The Labute approximate surface area is 118 Å². The van der Waals surface area contributed by atoms with Gasteiger partial charge in [0.25, 0.3) is 5.91 Å². The highest BCUT2D eigenvalue weighted by Gasteiger charge is 2.11. The van der Waals surface area contributed by atoms with Crippen LogP contribution in [0.3, 0.4) is 0 Å². The van der Waals surface area contributed by atoms with E-state index in [-0.39, 0.29) is 12.2 Å². The van der Waals surface area contributed by atoms with Crippen LogP contribution in [0.25, 0.3) is 0 Å². The van der Waals surface area contributed by atoms with Gasteiger partial charge in [-0.2, -0.15) is 0 Å². The maximum Gasteiger partial charge on any atom is 0.265 e. The fourth-order valence-electron chi connectivity index (χ4n) is 1.50. The summed E-state index contributed by atoms with van der Waals surface area (Å²) in [6.45, 7) is 6.69. The van der Waals surface area contributed by atoms with E-state index >= 15 is 0 Å². The van der Waals surface area contributed by atoms with Gasteiger partial charge in [0.05, 0.1) is 25.4 Å². The van der Waals surface area contributed by atoms with Crippen LogP contribution in [0.15, 0.2) is 18.2 Å². The Hall–Kier alpha value is -1.50. The molecule has 0 heterocycles. The minimum Gasteiger partial charge on any atom is -0.374 e. The summed E-state index contributed by atoms with van der Waals surface area (Å²) < 4.78 is 24.4. The van der Waals surface area contributed by atoms with Crippen molar-refractivity contribution in [1.82, 2.24) is 5.43 Å². The third kappa shape index (κ3) is 5.64. The lowest BCUT2D eigenvalue weighted by Crippen LogP contribution is -2.30. The van der Waals surface area contributed by atoms with Gasteiger partial charge in [0, 0.05) is 11.1 Å². The van der Waals surface area contributed by atoms with Crippen LogP contribution in [-0.2, 0) is 16.1 Å². The first-order valence-corrected chi connectivity index (χ1v) is 6.34. The van der Waals surface area contributed by atoms with Crippen molar-refractivity contribution in [3.8, 4) is 0 Å². The predicted octanol–water partition coefficient (Wildman–Crippen LogP) is 1.76. The fraction of sp³-hybridized carbons (Fsp3) is 0.500. The number of nitrogen functional groups attached to an aromatic ring is 1. The number of hydrogen-bond acceptors (Lipinski definition) is 4. The molecular formula is C14H21FN2O3. The molecule has 1 aromatic carbocycles. The highest BCUT2D eigenvalue weighted by atomic mass is 19.1. The van der Waals surface area contributed by atoms with Gasteiger partial charge in [-0.25, -0.2) is 10.2 Å². The molecule has 0 atom stereocenters. The average Bonchev–Trinajstić information content (AvgIpc) is 2.38. The molecule has 5 nitrogen and oxygen atoms in total. The van der Waals surface area contributed by atoms with Crippen LogP contribution in [0.5, 0.6) is 0 Å². The number of nitrogens with one attached hydrogen (secondary N) is 1. The monoisotopic (exact) mass is 284 g/mol. The molecule has 0 fully saturated rings. The Kier molecular flexibility index (Phi) is 6.06. The topological polar surface area (TPSA) is 73.6 Å². The van der Waals surface area contributed by atoms with Crippen molar-refractivity contribution < 1.29 is 18.7 Å². The van der Waals surface area contributed by atoms with E-state index in [0.717, 1.165) is 0 Å².